The van der Waals surface area contributed by atoms with Crippen LogP contribution in [0.25, 0.3) is 0 Å². The van der Waals surface area contributed by atoms with Crippen LogP contribution in [0.15, 0.2) is 36.7 Å². The summed E-state index contributed by atoms with van der Waals surface area (Å²) in [5.74, 6) is 0.954. The van der Waals surface area contributed by atoms with Crippen molar-refractivity contribution in [2.75, 3.05) is 6.61 Å². The summed E-state index contributed by atoms with van der Waals surface area (Å²) in [5, 5.41) is 0. The number of ether oxygens (including phenoxy) is 1. The van der Waals surface area contributed by atoms with Crippen LogP contribution in [-0.4, -0.2) is 16.2 Å². The van der Waals surface area contributed by atoms with Gasteiger partial charge in [0.05, 0.1) is 18.6 Å². The van der Waals surface area contributed by atoms with Crippen molar-refractivity contribution in [3.05, 3.63) is 48.0 Å². The van der Waals surface area contributed by atoms with Crippen LogP contribution in [0.5, 0.6) is 5.75 Å². The zero-order valence-corrected chi connectivity index (χ0v) is 11.2. The van der Waals surface area contributed by atoms with E-state index in [-0.39, 0.29) is 0 Å². The van der Waals surface area contributed by atoms with E-state index in [1.165, 1.54) is 30.7 Å². The molecule has 0 amide bonds. The van der Waals surface area contributed by atoms with Crippen molar-refractivity contribution in [3.63, 3.8) is 0 Å². The first-order chi connectivity index (χ1) is 9.43. The minimum atomic E-state index is 0.761. The van der Waals surface area contributed by atoms with Crippen molar-refractivity contribution in [2.24, 2.45) is 0 Å². The number of nitrogens with zero attached hydrogens (tertiary/aromatic N) is 2. The van der Waals surface area contributed by atoms with E-state index in [2.05, 4.69) is 9.55 Å². The fraction of sp³-hybridized carbons (Fsp3) is 0.438. The summed E-state index contributed by atoms with van der Waals surface area (Å²) in [7, 11) is 0. The topological polar surface area (TPSA) is 27.1 Å². The Morgan fingerprint density at radius 2 is 1.95 bits per heavy atom. The molecular weight excluding hydrogens is 236 g/mol. The Labute approximate surface area is 114 Å². The zero-order valence-electron chi connectivity index (χ0n) is 11.2. The fourth-order valence-electron chi connectivity index (χ4n) is 2.67. The zero-order chi connectivity index (χ0) is 12.9. The third kappa shape index (κ3) is 2.98. The predicted molar refractivity (Wildman–Crippen MR) is 75.4 cm³/mol. The first-order valence-corrected chi connectivity index (χ1v) is 7.14. The number of para-hydroxylation sites is 1. The summed E-state index contributed by atoms with van der Waals surface area (Å²) in [4.78, 5) is 4.52. The summed E-state index contributed by atoms with van der Waals surface area (Å²) in [6.45, 7) is 1.77. The lowest BCUT2D eigenvalue weighted by Gasteiger charge is -2.14. The molecule has 0 unspecified atom stereocenters. The number of aryl methyl sites for hydroxylation is 2. The van der Waals surface area contributed by atoms with Gasteiger partial charge in [-0.25, -0.2) is 4.98 Å². The Kier molecular flexibility index (Phi) is 3.82. The summed E-state index contributed by atoms with van der Waals surface area (Å²) >= 11 is 0. The molecule has 0 fully saturated rings. The van der Waals surface area contributed by atoms with Crippen LogP contribution in [0.4, 0.5) is 0 Å². The molecule has 3 heteroatoms. The SMILES string of the molecule is c1ccc(OCCCn2cnc3c2CCCC3)cc1. The molecule has 1 heterocycles. The molecule has 0 bridgehead atoms. The average molecular weight is 256 g/mol. The molecular formula is C16H20N2O. The van der Waals surface area contributed by atoms with Crippen molar-refractivity contribution in [1.29, 1.82) is 0 Å². The van der Waals surface area contributed by atoms with E-state index < -0.39 is 0 Å². The minimum absolute atomic E-state index is 0.761. The summed E-state index contributed by atoms with van der Waals surface area (Å²) in [6.07, 6.45) is 7.97. The lowest BCUT2D eigenvalue weighted by molar-refractivity contribution is 0.301. The monoisotopic (exact) mass is 256 g/mol. The molecule has 0 radical (unpaired) electrons. The maximum atomic E-state index is 5.71. The fourth-order valence-corrected chi connectivity index (χ4v) is 2.67. The largest absolute Gasteiger partial charge is 0.494 e. The summed E-state index contributed by atoms with van der Waals surface area (Å²) in [5.41, 5.74) is 2.76. The molecule has 0 aliphatic heterocycles. The van der Waals surface area contributed by atoms with E-state index in [9.17, 15) is 0 Å². The van der Waals surface area contributed by atoms with E-state index in [4.69, 9.17) is 4.74 Å². The molecule has 1 aliphatic carbocycles. The van der Waals surface area contributed by atoms with Crippen LogP contribution >= 0.6 is 0 Å². The van der Waals surface area contributed by atoms with Crippen LogP contribution in [-0.2, 0) is 19.4 Å². The van der Waals surface area contributed by atoms with Gasteiger partial charge in [-0.1, -0.05) is 18.2 Å². The summed E-state index contributed by atoms with van der Waals surface area (Å²) in [6, 6.07) is 10.0. The Balaban J connectivity index is 1.49. The van der Waals surface area contributed by atoms with Crippen LogP contribution in [0, 0.1) is 0 Å². The number of hydrogen-bond acceptors (Lipinski definition) is 2. The van der Waals surface area contributed by atoms with Crippen molar-refractivity contribution >= 4 is 0 Å². The third-order valence-corrected chi connectivity index (χ3v) is 3.67. The highest BCUT2D eigenvalue weighted by Crippen LogP contribution is 2.20. The molecule has 1 aromatic carbocycles. The Morgan fingerprint density at radius 1 is 1.11 bits per heavy atom. The smallest absolute Gasteiger partial charge is 0.119 e. The van der Waals surface area contributed by atoms with E-state index in [1.54, 1.807) is 0 Å². The lowest BCUT2D eigenvalue weighted by Crippen LogP contribution is -2.10. The van der Waals surface area contributed by atoms with Gasteiger partial charge >= 0.3 is 0 Å². The number of benzene rings is 1. The molecule has 0 atom stereocenters. The molecule has 3 nitrogen and oxygen atoms in total. The molecule has 0 N–H and O–H groups in total. The van der Waals surface area contributed by atoms with Crippen LogP contribution in [0.3, 0.4) is 0 Å². The van der Waals surface area contributed by atoms with E-state index in [0.29, 0.717) is 0 Å². The van der Waals surface area contributed by atoms with Crippen molar-refractivity contribution in [3.8, 4) is 5.75 Å². The second kappa shape index (κ2) is 5.91. The third-order valence-electron chi connectivity index (χ3n) is 3.67. The Hall–Kier alpha value is -1.77. The lowest BCUT2D eigenvalue weighted by atomic mass is 10.0. The molecule has 0 saturated carbocycles. The Bertz CT molecular complexity index is 519. The number of hydrogen-bond donors (Lipinski definition) is 0. The molecule has 1 aliphatic rings. The van der Waals surface area contributed by atoms with Gasteiger partial charge in [-0.15, -0.1) is 0 Å². The standard InChI is InChI=1S/C16H20N2O/c1-2-7-14(8-3-1)19-12-6-11-18-13-17-15-9-4-5-10-16(15)18/h1-3,7-8,13H,4-6,9-12H2. The van der Waals surface area contributed by atoms with Gasteiger partial charge in [0.2, 0.25) is 0 Å². The van der Waals surface area contributed by atoms with Crippen molar-refractivity contribution < 1.29 is 4.74 Å². The van der Waals surface area contributed by atoms with Gasteiger partial charge in [0, 0.05) is 12.2 Å². The van der Waals surface area contributed by atoms with Gasteiger partial charge < -0.3 is 9.30 Å². The predicted octanol–water partition coefficient (Wildman–Crippen LogP) is 3.23. The molecule has 3 rings (SSSR count). The van der Waals surface area contributed by atoms with Gasteiger partial charge in [0.25, 0.3) is 0 Å². The number of aromatic nitrogens is 2. The molecule has 1 aromatic heterocycles. The van der Waals surface area contributed by atoms with Gasteiger partial charge in [-0.2, -0.15) is 0 Å². The normalized spacial score (nSPS) is 14.1. The average Bonchev–Trinajstić information content (AvgIpc) is 2.88. The van der Waals surface area contributed by atoms with Crippen LogP contribution < -0.4 is 4.74 Å². The number of imidazole rings is 1. The maximum absolute atomic E-state index is 5.71. The highest BCUT2D eigenvalue weighted by molar-refractivity contribution is 5.20. The van der Waals surface area contributed by atoms with Crippen molar-refractivity contribution in [2.45, 2.75) is 38.6 Å². The van der Waals surface area contributed by atoms with Crippen molar-refractivity contribution in [1.82, 2.24) is 9.55 Å². The van der Waals surface area contributed by atoms with Gasteiger partial charge in [-0.05, 0) is 44.2 Å². The second-order valence-corrected chi connectivity index (χ2v) is 5.05. The summed E-state index contributed by atoms with van der Waals surface area (Å²) < 4.78 is 8.02. The molecule has 2 aromatic rings. The van der Waals surface area contributed by atoms with E-state index in [0.717, 1.165) is 31.7 Å². The van der Waals surface area contributed by atoms with Gasteiger partial charge in [0.1, 0.15) is 5.75 Å². The molecule has 19 heavy (non-hydrogen) atoms. The van der Waals surface area contributed by atoms with Gasteiger partial charge in [-0.3, -0.25) is 0 Å². The molecule has 100 valence electrons. The van der Waals surface area contributed by atoms with Gasteiger partial charge in [0.15, 0.2) is 0 Å². The highest BCUT2D eigenvalue weighted by Gasteiger charge is 2.14. The first-order valence-electron chi connectivity index (χ1n) is 7.14. The van der Waals surface area contributed by atoms with Crippen LogP contribution in [0.1, 0.15) is 30.7 Å². The number of rotatable bonds is 5. The first kappa shape index (κ1) is 12.3. The maximum Gasteiger partial charge on any atom is 0.119 e. The van der Waals surface area contributed by atoms with Crippen LogP contribution in [0.2, 0.25) is 0 Å². The quantitative estimate of drug-likeness (QED) is 0.768. The number of fused-ring (bicyclic) bond motifs is 1. The Morgan fingerprint density at radius 3 is 2.84 bits per heavy atom. The van der Waals surface area contributed by atoms with E-state index >= 15 is 0 Å². The molecule has 0 saturated heterocycles. The minimum Gasteiger partial charge on any atom is -0.494 e. The molecule has 0 spiro atoms. The van der Waals surface area contributed by atoms with E-state index in [1.807, 2.05) is 36.7 Å². The second-order valence-electron chi connectivity index (χ2n) is 5.05. The highest BCUT2D eigenvalue weighted by atomic mass is 16.5.